The summed E-state index contributed by atoms with van der Waals surface area (Å²) in [5, 5.41) is 2.16. The molecule has 94 valence electrons. The first-order valence-electron chi connectivity index (χ1n) is 5.07. The van der Waals surface area contributed by atoms with Crippen LogP contribution in [0, 0.1) is 5.92 Å². The highest BCUT2D eigenvalue weighted by Gasteiger charge is 2.38. The molecule has 0 aliphatic rings. The number of alkyl halides is 3. The van der Waals surface area contributed by atoms with E-state index >= 15 is 0 Å². The lowest BCUT2D eigenvalue weighted by molar-refractivity contribution is -0.154. The normalized spacial score (nSPS) is 15.1. The molecule has 1 N–H and O–H groups in total. The molecule has 0 rings (SSSR count). The fourth-order valence-corrected chi connectivity index (χ4v) is 1.01. The summed E-state index contributed by atoms with van der Waals surface area (Å²) in [5.41, 5.74) is -0.0598. The van der Waals surface area contributed by atoms with Gasteiger partial charge < -0.3 is 5.32 Å². The van der Waals surface area contributed by atoms with Gasteiger partial charge in [-0.15, -0.1) is 0 Å². The van der Waals surface area contributed by atoms with Gasteiger partial charge in [0.25, 0.3) is 0 Å². The third-order valence-electron chi connectivity index (χ3n) is 2.03. The lowest BCUT2D eigenvalue weighted by Crippen LogP contribution is -2.40. The number of hydrogen-bond donors (Lipinski definition) is 1. The first-order chi connectivity index (χ1) is 7.18. The molecule has 0 aromatic carbocycles. The summed E-state index contributed by atoms with van der Waals surface area (Å²) in [5.74, 6) is -0.848. The van der Waals surface area contributed by atoms with Gasteiger partial charge in [-0.3, -0.25) is 0 Å². The summed E-state index contributed by atoms with van der Waals surface area (Å²) >= 11 is 0. The van der Waals surface area contributed by atoms with Gasteiger partial charge in [0.05, 0.1) is 0 Å². The lowest BCUT2D eigenvalue weighted by Gasteiger charge is -2.21. The Morgan fingerprint density at radius 1 is 1.38 bits per heavy atom. The van der Waals surface area contributed by atoms with Crippen LogP contribution in [-0.4, -0.2) is 12.2 Å². The van der Waals surface area contributed by atoms with Gasteiger partial charge in [-0.05, 0) is 12.5 Å². The van der Waals surface area contributed by atoms with Gasteiger partial charge in [0.1, 0.15) is 11.9 Å². The molecule has 5 heteroatoms. The van der Waals surface area contributed by atoms with Crippen LogP contribution in [-0.2, 0) is 0 Å². The molecule has 0 spiro atoms. The standard InChI is InChI=1S/C11H17F4N/c1-5-10(11(13,14)15)16-8(4)6-9(12)7(2)3/h6-7,10,16H,4-5H2,1-3H3/b9-6+. The van der Waals surface area contributed by atoms with Crippen LogP contribution in [0.4, 0.5) is 17.6 Å². The number of nitrogens with one attached hydrogen (secondary N) is 1. The molecule has 1 nitrogen and oxygen atoms in total. The zero-order valence-electron chi connectivity index (χ0n) is 9.66. The fraction of sp³-hybridized carbons (Fsp3) is 0.636. The molecule has 0 radical (unpaired) electrons. The topological polar surface area (TPSA) is 12.0 Å². The molecule has 0 aliphatic heterocycles. The van der Waals surface area contributed by atoms with Crippen molar-refractivity contribution in [2.75, 3.05) is 0 Å². The largest absolute Gasteiger partial charge is 0.408 e. The Morgan fingerprint density at radius 3 is 2.19 bits per heavy atom. The molecule has 0 aliphatic carbocycles. The molecule has 0 heterocycles. The molecule has 16 heavy (non-hydrogen) atoms. The van der Waals surface area contributed by atoms with Gasteiger partial charge in [0.2, 0.25) is 0 Å². The molecular formula is C11H17F4N. The van der Waals surface area contributed by atoms with E-state index in [1.165, 1.54) is 6.92 Å². The van der Waals surface area contributed by atoms with Crippen molar-refractivity contribution in [2.24, 2.45) is 5.92 Å². The van der Waals surface area contributed by atoms with E-state index < -0.39 is 18.0 Å². The average molecular weight is 239 g/mol. The summed E-state index contributed by atoms with van der Waals surface area (Å²) in [7, 11) is 0. The maximum atomic E-state index is 13.1. The highest BCUT2D eigenvalue weighted by molar-refractivity contribution is 5.17. The summed E-state index contributed by atoms with van der Waals surface area (Å²) in [6, 6.07) is -1.68. The molecule has 0 aromatic rings. The van der Waals surface area contributed by atoms with Crippen molar-refractivity contribution < 1.29 is 17.6 Å². The molecule has 0 saturated carbocycles. The van der Waals surface area contributed by atoms with Crippen LogP contribution in [0.1, 0.15) is 27.2 Å². The van der Waals surface area contributed by atoms with Gasteiger partial charge >= 0.3 is 6.18 Å². The van der Waals surface area contributed by atoms with Crippen molar-refractivity contribution in [3.8, 4) is 0 Å². The number of rotatable bonds is 5. The van der Waals surface area contributed by atoms with Crippen molar-refractivity contribution in [1.82, 2.24) is 5.32 Å². The smallest absolute Gasteiger partial charge is 0.374 e. The van der Waals surface area contributed by atoms with Gasteiger partial charge in [-0.2, -0.15) is 13.2 Å². The Morgan fingerprint density at radius 2 is 1.88 bits per heavy atom. The molecule has 0 aromatic heterocycles. The minimum absolute atomic E-state index is 0.0598. The zero-order valence-corrected chi connectivity index (χ0v) is 9.66. The third-order valence-corrected chi connectivity index (χ3v) is 2.03. The zero-order chi connectivity index (χ0) is 12.9. The van der Waals surface area contributed by atoms with Crippen LogP contribution in [0.3, 0.4) is 0 Å². The highest BCUT2D eigenvalue weighted by atomic mass is 19.4. The van der Waals surface area contributed by atoms with Crippen LogP contribution < -0.4 is 5.32 Å². The van der Waals surface area contributed by atoms with E-state index in [4.69, 9.17) is 0 Å². The van der Waals surface area contributed by atoms with Gasteiger partial charge in [0.15, 0.2) is 0 Å². The van der Waals surface area contributed by atoms with Crippen molar-refractivity contribution in [3.63, 3.8) is 0 Å². The molecule has 1 atom stereocenters. The quantitative estimate of drug-likeness (QED) is 0.566. The molecular weight excluding hydrogens is 222 g/mol. The van der Waals surface area contributed by atoms with Gasteiger partial charge in [-0.25, -0.2) is 4.39 Å². The first kappa shape index (κ1) is 15.0. The molecule has 1 unspecified atom stereocenters. The van der Waals surface area contributed by atoms with Crippen molar-refractivity contribution in [1.29, 1.82) is 0 Å². The number of hydrogen-bond acceptors (Lipinski definition) is 1. The molecule has 0 saturated heterocycles. The van der Waals surface area contributed by atoms with E-state index in [-0.39, 0.29) is 18.0 Å². The van der Waals surface area contributed by atoms with Crippen LogP contribution in [0.25, 0.3) is 0 Å². The van der Waals surface area contributed by atoms with E-state index in [2.05, 4.69) is 11.9 Å². The average Bonchev–Trinajstić information content (AvgIpc) is 2.11. The van der Waals surface area contributed by atoms with E-state index in [1.54, 1.807) is 13.8 Å². The maximum absolute atomic E-state index is 13.1. The number of halogens is 4. The Labute approximate surface area is 93.2 Å². The van der Waals surface area contributed by atoms with Crippen LogP contribution >= 0.6 is 0 Å². The van der Waals surface area contributed by atoms with E-state index in [0.717, 1.165) is 6.08 Å². The minimum atomic E-state index is -4.35. The highest BCUT2D eigenvalue weighted by Crippen LogP contribution is 2.23. The second-order valence-corrected chi connectivity index (χ2v) is 3.86. The third kappa shape index (κ3) is 5.19. The second-order valence-electron chi connectivity index (χ2n) is 3.86. The lowest BCUT2D eigenvalue weighted by atomic mass is 10.1. The Hall–Kier alpha value is -1.00. The molecule has 0 fully saturated rings. The summed E-state index contributed by atoms with van der Waals surface area (Å²) < 4.78 is 50.2. The minimum Gasteiger partial charge on any atom is -0.374 e. The van der Waals surface area contributed by atoms with E-state index in [1.807, 2.05) is 0 Å². The Bertz CT molecular complexity index is 266. The van der Waals surface area contributed by atoms with E-state index in [0.29, 0.717) is 0 Å². The Kier molecular flexibility index (Phi) is 5.55. The Balaban J connectivity index is 4.50. The predicted molar refractivity (Wildman–Crippen MR) is 56.4 cm³/mol. The fourth-order valence-electron chi connectivity index (χ4n) is 1.01. The number of allylic oxidation sites excluding steroid dienone is 2. The summed E-state index contributed by atoms with van der Waals surface area (Å²) in [4.78, 5) is 0. The van der Waals surface area contributed by atoms with Crippen molar-refractivity contribution >= 4 is 0 Å². The SMILES string of the molecule is C=C(/C=C(/F)C(C)C)NC(CC)C(F)(F)F. The van der Waals surface area contributed by atoms with Gasteiger partial charge in [0, 0.05) is 11.6 Å². The summed E-state index contributed by atoms with van der Waals surface area (Å²) in [6.45, 7) is 7.98. The van der Waals surface area contributed by atoms with Crippen LogP contribution in [0.2, 0.25) is 0 Å². The first-order valence-corrected chi connectivity index (χ1v) is 5.07. The van der Waals surface area contributed by atoms with Crippen molar-refractivity contribution in [2.45, 2.75) is 39.4 Å². The van der Waals surface area contributed by atoms with E-state index in [9.17, 15) is 17.6 Å². The summed E-state index contributed by atoms with van der Waals surface area (Å²) in [6.07, 6.45) is -3.47. The van der Waals surface area contributed by atoms with Crippen LogP contribution in [0.15, 0.2) is 24.2 Å². The predicted octanol–water partition coefficient (Wildman–Crippen LogP) is 3.94. The molecule has 0 amide bonds. The maximum Gasteiger partial charge on any atom is 0.408 e. The molecule has 0 bridgehead atoms. The van der Waals surface area contributed by atoms with Crippen molar-refractivity contribution in [3.05, 3.63) is 24.2 Å². The van der Waals surface area contributed by atoms with Gasteiger partial charge in [-0.1, -0.05) is 27.4 Å². The monoisotopic (exact) mass is 239 g/mol. The second kappa shape index (κ2) is 5.92. The van der Waals surface area contributed by atoms with Crippen LogP contribution in [0.5, 0.6) is 0 Å².